The third-order valence-electron chi connectivity index (χ3n) is 4.59. The quantitative estimate of drug-likeness (QED) is 0.239. The van der Waals surface area contributed by atoms with Crippen LogP contribution in [0.25, 0.3) is 0 Å². The molecule has 0 heterocycles. The summed E-state index contributed by atoms with van der Waals surface area (Å²) in [7, 11) is 0. The topological polar surface area (TPSA) is 97.9 Å². The maximum absolute atomic E-state index is 12.4. The lowest BCUT2D eigenvalue weighted by molar-refractivity contribution is -0.123. The van der Waals surface area contributed by atoms with Gasteiger partial charge in [0.2, 0.25) is 0 Å². The van der Waals surface area contributed by atoms with Crippen LogP contribution in [-0.4, -0.2) is 36.7 Å². The van der Waals surface area contributed by atoms with Gasteiger partial charge in [0.25, 0.3) is 11.8 Å². The summed E-state index contributed by atoms with van der Waals surface area (Å²) in [6.07, 6.45) is 0. The molecule has 0 radical (unpaired) electrons. The number of carbonyl (C=O) groups is 2. The Balaban J connectivity index is 1.34. The molecule has 0 saturated carbocycles. The lowest BCUT2D eigenvalue weighted by atomic mass is 10.1. The molecule has 3 aromatic carbocycles. The van der Waals surface area contributed by atoms with E-state index in [-0.39, 0.29) is 11.7 Å². The number of para-hydroxylation sites is 1. The number of amides is 2. The molecule has 8 nitrogen and oxygen atoms in total. The van der Waals surface area contributed by atoms with Crippen molar-refractivity contribution < 1.29 is 23.8 Å². The Kier molecular flexibility index (Phi) is 9.44. The normalized spacial score (nSPS) is 10.1. The minimum absolute atomic E-state index is 0.0480. The fraction of sp³-hybridized carbons (Fsp3) is 0.192. The Morgan fingerprint density at radius 1 is 0.743 bits per heavy atom. The van der Waals surface area contributed by atoms with Crippen molar-refractivity contribution >= 4 is 29.1 Å². The van der Waals surface area contributed by atoms with Gasteiger partial charge >= 0.3 is 0 Å². The van der Waals surface area contributed by atoms with Crippen molar-refractivity contribution in [3.05, 3.63) is 89.5 Å². The zero-order valence-electron chi connectivity index (χ0n) is 19.5. The van der Waals surface area contributed by atoms with Crippen LogP contribution in [0.2, 0.25) is 0 Å². The number of aryl methyl sites for hydroxylation is 2. The molecule has 0 aliphatic heterocycles. The zero-order chi connectivity index (χ0) is 25.0. The van der Waals surface area contributed by atoms with Gasteiger partial charge in [0.15, 0.2) is 11.7 Å². The highest BCUT2D eigenvalue weighted by atomic mass is 32.1. The van der Waals surface area contributed by atoms with E-state index in [9.17, 15) is 9.59 Å². The van der Waals surface area contributed by atoms with Gasteiger partial charge in [0.1, 0.15) is 30.5 Å². The molecule has 0 aromatic heterocycles. The van der Waals surface area contributed by atoms with Crippen LogP contribution in [0, 0.1) is 13.8 Å². The summed E-state index contributed by atoms with van der Waals surface area (Å²) < 4.78 is 16.7. The Hall–Kier alpha value is -4.11. The van der Waals surface area contributed by atoms with E-state index in [0.29, 0.717) is 30.3 Å². The number of nitrogens with one attached hydrogen (secondary N) is 3. The fourth-order valence-corrected chi connectivity index (χ4v) is 3.22. The van der Waals surface area contributed by atoms with Gasteiger partial charge in [-0.15, -0.1) is 0 Å². The second-order valence-electron chi connectivity index (χ2n) is 7.60. The van der Waals surface area contributed by atoms with Gasteiger partial charge in [-0.05, 0) is 85.7 Å². The predicted molar refractivity (Wildman–Crippen MR) is 137 cm³/mol. The first-order valence-corrected chi connectivity index (χ1v) is 11.3. The van der Waals surface area contributed by atoms with Crippen LogP contribution in [0.3, 0.4) is 0 Å². The molecule has 0 fully saturated rings. The number of hydrogen-bond acceptors (Lipinski definition) is 6. The average molecular weight is 494 g/mol. The third-order valence-corrected chi connectivity index (χ3v) is 4.79. The first-order valence-electron chi connectivity index (χ1n) is 10.9. The van der Waals surface area contributed by atoms with Gasteiger partial charge in [0.05, 0.1) is 0 Å². The van der Waals surface area contributed by atoms with Crippen LogP contribution < -0.4 is 30.4 Å². The van der Waals surface area contributed by atoms with Crippen LogP contribution >= 0.6 is 12.2 Å². The molecule has 3 N–H and O–H groups in total. The van der Waals surface area contributed by atoms with Crippen molar-refractivity contribution in [2.24, 2.45) is 0 Å². The number of benzene rings is 3. The van der Waals surface area contributed by atoms with E-state index >= 15 is 0 Å². The van der Waals surface area contributed by atoms with Gasteiger partial charge in [-0.25, -0.2) is 0 Å². The highest BCUT2D eigenvalue weighted by Crippen LogP contribution is 2.16. The summed E-state index contributed by atoms with van der Waals surface area (Å²) in [5.74, 6) is 1.11. The third kappa shape index (κ3) is 8.98. The zero-order valence-corrected chi connectivity index (χ0v) is 20.3. The first kappa shape index (κ1) is 25.5. The Morgan fingerprint density at radius 2 is 1.34 bits per heavy atom. The van der Waals surface area contributed by atoms with Crippen LogP contribution in [0.15, 0.2) is 72.8 Å². The van der Waals surface area contributed by atoms with E-state index in [1.54, 1.807) is 24.3 Å². The van der Waals surface area contributed by atoms with Gasteiger partial charge in [-0.2, -0.15) is 0 Å². The van der Waals surface area contributed by atoms with Crippen molar-refractivity contribution in [3.8, 4) is 17.2 Å². The monoisotopic (exact) mass is 493 g/mol. The van der Waals surface area contributed by atoms with Crippen LogP contribution in [0.5, 0.6) is 17.2 Å². The van der Waals surface area contributed by atoms with Crippen molar-refractivity contribution in [1.29, 1.82) is 0 Å². The molecule has 182 valence electrons. The first-order chi connectivity index (χ1) is 16.9. The van der Waals surface area contributed by atoms with Crippen molar-refractivity contribution in [1.82, 2.24) is 16.2 Å². The van der Waals surface area contributed by atoms with Crippen LogP contribution in [0.4, 0.5) is 0 Å². The molecule has 9 heteroatoms. The van der Waals surface area contributed by atoms with E-state index < -0.39 is 11.8 Å². The minimum atomic E-state index is -0.446. The molecule has 0 spiro atoms. The number of hydrogen-bond donors (Lipinski definition) is 3. The second-order valence-corrected chi connectivity index (χ2v) is 8.01. The lowest BCUT2D eigenvalue weighted by Crippen LogP contribution is -2.49. The molecule has 0 atom stereocenters. The van der Waals surface area contributed by atoms with E-state index in [1.165, 1.54) is 0 Å². The number of carbonyl (C=O) groups excluding carboxylic acids is 2. The van der Waals surface area contributed by atoms with E-state index in [4.69, 9.17) is 26.4 Å². The molecule has 0 unspecified atom stereocenters. The molecule has 3 aromatic rings. The number of hydrazine groups is 1. The summed E-state index contributed by atoms with van der Waals surface area (Å²) in [4.78, 5) is 24.3. The minimum Gasteiger partial charge on any atom is -0.490 e. The van der Waals surface area contributed by atoms with E-state index in [2.05, 4.69) is 16.2 Å². The summed E-state index contributed by atoms with van der Waals surface area (Å²) in [6, 6.07) is 21.7. The number of rotatable bonds is 9. The molecule has 0 aliphatic rings. The standard InChI is InChI=1S/C26H27N3O5S/c1-18-14-19(2)16-23(15-18)34-17-24(30)28-29-26(35)27-25(31)20-8-10-22(11-9-20)33-13-12-32-21-6-4-3-5-7-21/h3-11,14-16H,12-13,17H2,1-2H3,(H,28,30)(H2,27,29,31,35). The van der Waals surface area contributed by atoms with Gasteiger partial charge in [-0.3, -0.25) is 25.8 Å². The van der Waals surface area contributed by atoms with Crippen LogP contribution in [-0.2, 0) is 4.79 Å². The molecule has 0 bridgehead atoms. The summed E-state index contributed by atoms with van der Waals surface area (Å²) in [5.41, 5.74) is 7.33. The van der Waals surface area contributed by atoms with Crippen molar-refractivity contribution in [2.75, 3.05) is 19.8 Å². The predicted octanol–water partition coefficient (Wildman–Crippen LogP) is 3.48. The molecule has 0 aliphatic carbocycles. The number of thiocarbonyl (C=S) groups is 1. The maximum atomic E-state index is 12.4. The molecule has 0 saturated heterocycles. The molecular formula is C26H27N3O5S. The molecule has 2 amide bonds. The van der Waals surface area contributed by atoms with Crippen molar-refractivity contribution in [3.63, 3.8) is 0 Å². The molecule has 3 rings (SSSR count). The van der Waals surface area contributed by atoms with Gasteiger partial charge in [0, 0.05) is 5.56 Å². The highest BCUT2D eigenvalue weighted by molar-refractivity contribution is 7.80. The van der Waals surface area contributed by atoms with Gasteiger partial charge in [-0.1, -0.05) is 24.3 Å². The van der Waals surface area contributed by atoms with Crippen LogP contribution in [0.1, 0.15) is 21.5 Å². The highest BCUT2D eigenvalue weighted by Gasteiger charge is 2.10. The van der Waals surface area contributed by atoms with E-state index in [0.717, 1.165) is 16.9 Å². The summed E-state index contributed by atoms with van der Waals surface area (Å²) in [5, 5.41) is 2.45. The summed E-state index contributed by atoms with van der Waals surface area (Å²) in [6.45, 7) is 4.45. The second kappa shape index (κ2) is 13.0. The summed E-state index contributed by atoms with van der Waals surface area (Å²) >= 11 is 5.06. The Bertz CT molecular complexity index is 1130. The van der Waals surface area contributed by atoms with E-state index in [1.807, 2.05) is 62.4 Å². The average Bonchev–Trinajstić information content (AvgIpc) is 2.84. The molecule has 35 heavy (non-hydrogen) atoms. The Morgan fingerprint density at radius 3 is 1.97 bits per heavy atom. The lowest BCUT2D eigenvalue weighted by Gasteiger charge is -2.12. The maximum Gasteiger partial charge on any atom is 0.276 e. The fourth-order valence-electron chi connectivity index (χ4n) is 3.07. The van der Waals surface area contributed by atoms with Gasteiger partial charge < -0.3 is 14.2 Å². The molecular weight excluding hydrogens is 466 g/mol. The Labute approximate surface area is 209 Å². The smallest absolute Gasteiger partial charge is 0.276 e. The largest absolute Gasteiger partial charge is 0.490 e. The number of ether oxygens (including phenoxy) is 3. The SMILES string of the molecule is Cc1cc(C)cc(OCC(=O)NNC(=S)NC(=O)c2ccc(OCCOc3ccccc3)cc2)c1. The van der Waals surface area contributed by atoms with Crippen molar-refractivity contribution in [2.45, 2.75) is 13.8 Å².